The molecule has 0 heterocycles. The Bertz CT molecular complexity index is 1200. The molecule has 0 spiro atoms. The van der Waals surface area contributed by atoms with Gasteiger partial charge in [-0.25, -0.2) is 17.2 Å². The lowest BCUT2D eigenvalue weighted by atomic mass is 10.2. The molecule has 0 saturated carbocycles. The van der Waals surface area contributed by atoms with Crippen LogP contribution < -0.4 is 19.5 Å². The van der Waals surface area contributed by atoms with E-state index >= 15 is 0 Å². The lowest BCUT2D eigenvalue weighted by Gasteiger charge is -2.14. The first-order valence-electron chi connectivity index (χ1n) is 9.91. The smallest absolute Gasteiger partial charge is 0.262 e. The number of carbonyl (C=O) groups is 1. The molecule has 0 saturated heterocycles. The van der Waals surface area contributed by atoms with Crippen molar-refractivity contribution < 1.29 is 31.5 Å². The van der Waals surface area contributed by atoms with Crippen molar-refractivity contribution in [3.8, 4) is 11.5 Å². The second kappa shape index (κ2) is 10.8. The highest BCUT2D eigenvalue weighted by Crippen LogP contribution is 2.30. The molecule has 0 aliphatic heterocycles. The lowest BCUT2D eigenvalue weighted by Crippen LogP contribution is -2.15. The van der Waals surface area contributed by atoms with Gasteiger partial charge in [-0.1, -0.05) is 0 Å². The minimum absolute atomic E-state index is 0.110. The Morgan fingerprint density at radius 3 is 2.21 bits per heavy atom. The Morgan fingerprint density at radius 2 is 1.58 bits per heavy atom. The van der Waals surface area contributed by atoms with Gasteiger partial charge < -0.3 is 14.8 Å². The molecule has 1 amide bonds. The van der Waals surface area contributed by atoms with E-state index in [4.69, 9.17) is 9.47 Å². The highest BCUT2D eigenvalue weighted by atomic mass is 32.2. The quantitative estimate of drug-likeness (QED) is 0.418. The number of carbonyl (C=O) groups excluding carboxylic acids is 1. The molecule has 10 heteroatoms. The molecular weight excluding hydrogens is 454 g/mol. The van der Waals surface area contributed by atoms with Crippen LogP contribution in [0.4, 0.5) is 20.2 Å². The standard InChI is InChI=1S/C23H22F2N2O5S/c1-31-22-13-8-18(15-21(22)27-33(29,30)20-11-6-17(25)7-12-20)26-23(28)3-2-14-32-19-9-4-16(24)5-10-19/h4-13,15,27H,2-3,14H2,1H3,(H,26,28). The number of amides is 1. The minimum atomic E-state index is -4.00. The molecule has 0 aliphatic rings. The zero-order valence-electron chi connectivity index (χ0n) is 17.7. The van der Waals surface area contributed by atoms with E-state index in [9.17, 15) is 22.0 Å². The Balaban J connectivity index is 1.59. The van der Waals surface area contributed by atoms with E-state index in [1.165, 1.54) is 43.5 Å². The molecule has 0 bridgehead atoms. The predicted octanol–water partition coefficient (Wildman–Crippen LogP) is 4.57. The number of hydrogen-bond donors (Lipinski definition) is 2. The first-order valence-corrected chi connectivity index (χ1v) is 11.4. The third-order valence-electron chi connectivity index (χ3n) is 4.48. The van der Waals surface area contributed by atoms with E-state index < -0.39 is 15.8 Å². The van der Waals surface area contributed by atoms with Crippen molar-refractivity contribution in [3.05, 3.63) is 78.4 Å². The van der Waals surface area contributed by atoms with Gasteiger partial charge in [-0.05, 0) is 73.2 Å². The Morgan fingerprint density at radius 1 is 0.939 bits per heavy atom. The molecule has 7 nitrogen and oxygen atoms in total. The van der Waals surface area contributed by atoms with Crippen molar-refractivity contribution in [1.29, 1.82) is 0 Å². The Hall–Kier alpha value is -3.66. The van der Waals surface area contributed by atoms with Crippen LogP contribution in [0.15, 0.2) is 71.6 Å². The third kappa shape index (κ3) is 6.91. The molecule has 3 aromatic carbocycles. The van der Waals surface area contributed by atoms with Crippen LogP contribution in [0.2, 0.25) is 0 Å². The zero-order valence-corrected chi connectivity index (χ0v) is 18.5. The SMILES string of the molecule is COc1ccc(NC(=O)CCCOc2ccc(F)cc2)cc1NS(=O)(=O)c1ccc(F)cc1. The molecular formula is C23H22F2N2O5S. The van der Waals surface area contributed by atoms with Gasteiger partial charge in [0.2, 0.25) is 5.91 Å². The number of halogens is 2. The first-order chi connectivity index (χ1) is 15.8. The van der Waals surface area contributed by atoms with Crippen LogP contribution in [0.3, 0.4) is 0 Å². The van der Waals surface area contributed by atoms with E-state index in [0.29, 0.717) is 17.9 Å². The molecule has 0 radical (unpaired) electrons. The number of ether oxygens (including phenoxy) is 2. The Labute approximate surface area is 190 Å². The molecule has 0 atom stereocenters. The highest BCUT2D eigenvalue weighted by molar-refractivity contribution is 7.92. The fourth-order valence-electron chi connectivity index (χ4n) is 2.86. The van der Waals surface area contributed by atoms with Crippen molar-refractivity contribution in [2.24, 2.45) is 0 Å². The van der Waals surface area contributed by atoms with Gasteiger partial charge in [0, 0.05) is 12.1 Å². The molecule has 0 aromatic heterocycles. The largest absolute Gasteiger partial charge is 0.495 e. The number of sulfonamides is 1. The maximum absolute atomic E-state index is 13.1. The van der Waals surface area contributed by atoms with Crippen LogP contribution in [0.5, 0.6) is 11.5 Å². The molecule has 0 fully saturated rings. The molecule has 174 valence electrons. The normalized spacial score (nSPS) is 11.0. The van der Waals surface area contributed by atoms with Gasteiger partial charge >= 0.3 is 0 Å². The number of methoxy groups -OCH3 is 1. The number of benzene rings is 3. The summed E-state index contributed by atoms with van der Waals surface area (Å²) in [7, 11) is -2.62. The van der Waals surface area contributed by atoms with Gasteiger partial charge in [-0.2, -0.15) is 0 Å². The fraction of sp³-hybridized carbons (Fsp3) is 0.174. The number of nitrogens with one attached hydrogen (secondary N) is 2. The molecule has 2 N–H and O–H groups in total. The summed E-state index contributed by atoms with van der Waals surface area (Å²) in [5.74, 6) is -0.466. The van der Waals surface area contributed by atoms with Crippen molar-refractivity contribution in [2.75, 3.05) is 23.8 Å². The summed E-state index contributed by atoms with van der Waals surface area (Å²) >= 11 is 0. The number of hydrogen-bond acceptors (Lipinski definition) is 5. The summed E-state index contributed by atoms with van der Waals surface area (Å²) in [6.45, 7) is 0.268. The maximum Gasteiger partial charge on any atom is 0.262 e. The van der Waals surface area contributed by atoms with Crippen molar-refractivity contribution >= 4 is 27.3 Å². The summed E-state index contributed by atoms with van der Waals surface area (Å²) in [6.07, 6.45) is 0.577. The first kappa shape index (κ1) is 24.0. The van der Waals surface area contributed by atoms with Gasteiger partial charge in [0.25, 0.3) is 10.0 Å². The van der Waals surface area contributed by atoms with E-state index in [2.05, 4.69) is 10.0 Å². The van der Waals surface area contributed by atoms with E-state index in [0.717, 1.165) is 24.3 Å². The minimum Gasteiger partial charge on any atom is -0.495 e. The summed E-state index contributed by atoms with van der Waals surface area (Å²) in [6, 6.07) is 14.5. The average molecular weight is 477 g/mol. The second-order valence-electron chi connectivity index (χ2n) is 6.93. The summed E-state index contributed by atoms with van der Waals surface area (Å²) in [5.41, 5.74) is 0.469. The molecule has 0 unspecified atom stereocenters. The summed E-state index contributed by atoms with van der Waals surface area (Å²) < 4.78 is 64.3. The highest BCUT2D eigenvalue weighted by Gasteiger charge is 2.17. The van der Waals surface area contributed by atoms with E-state index in [1.54, 1.807) is 6.07 Å². The van der Waals surface area contributed by atoms with Crippen LogP contribution in [-0.4, -0.2) is 28.0 Å². The Kier molecular flexibility index (Phi) is 7.83. The van der Waals surface area contributed by atoms with Crippen LogP contribution >= 0.6 is 0 Å². The van der Waals surface area contributed by atoms with Gasteiger partial charge in [0.05, 0.1) is 24.3 Å². The van der Waals surface area contributed by atoms with Crippen molar-refractivity contribution in [2.45, 2.75) is 17.7 Å². The van der Waals surface area contributed by atoms with E-state index in [1.807, 2.05) is 0 Å². The van der Waals surface area contributed by atoms with Crippen LogP contribution in [0, 0.1) is 11.6 Å². The summed E-state index contributed by atoms with van der Waals surface area (Å²) in [5, 5.41) is 2.69. The average Bonchev–Trinajstić information content (AvgIpc) is 2.78. The molecule has 3 aromatic rings. The van der Waals surface area contributed by atoms with Crippen molar-refractivity contribution in [3.63, 3.8) is 0 Å². The van der Waals surface area contributed by atoms with Gasteiger partial charge in [0.1, 0.15) is 23.1 Å². The lowest BCUT2D eigenvalue weighted by molar-refractivity contribution is -0.116. The van der Waals surface area contributed by atoms with Crippen LogP contribution in [0.1, 0.15) is 12.8 Å². The van der Waals surface area contributed by atoms with E-state index in [-0.39, 0.29) is 41.1 Å². The second-order valence-corrected chi connectivity index (χ2v) is 8.61. The monoisotopic (exact) mass is 476 g/mol. The van der Waals surface area contributed by atoms with Crippen LogP contribution in [0.25, 0.3) is 0 Å². The van der Waals surface area contributed by atoms with Crippen LogP contribution in [-0.2, 0) is 14.8 Å². The maximum atomic E-state index is 13.1. The van der Waals surface area contributed by atoms with Gasteiger partial charge in [0.15, 0.2) is 0 Å². The molecule has 33 heavy (non-hydrogen) atoms. The van der Waals surface area contributed by atoms with Gasteiger partial charge in [-0.15, -0.1) is 0 Å². The van der Waals surface area contributed by atoms with Crippen molar-refractivity contribution in [1.82, 2.24) is 0 Å². The predicted molar refractivity (Wildman–Crippen MR) is 120 cm³/mol. The zero-order chi connectivity index (χ0) is 23.8. The number of anilines is 2. The third-order valence-corrected chi connectivity index (χ3v) is 5.86. The van der Waals surface area contributed by atoms with Gasteiger partial charge in [-0.3, -0.25) is 9.52 Å². The fourth-order valence-corrected chi connectivity index (χ4v) is 3.92. The molecule has 3 rings (SSSR count). The number of rotatable bonds is 10. The topological polar surface area (TPSA) is 93.7 Å². The molecule has 0 aliphatic carbocycles. The summed E-state index contributed by atoms with van der Waals surface area (Å²) in [4.78, 5) is 12.1.